The molecule has 4 rings (SSSR count). The summed E-state index contributed by atoms with van der Waals surface area (Å²) in [4.78, 5) is 8.64. The number of ether oxygens (including phenoxy) is 2. The van der Waals surface area contributed by atoms with Crippen LogP contribution in [0, 0.1) is 6.92 Å². The lowest BCUT2D eigenvalue weighted by atomic mass is 9.97. The first-order chi connectivity index (χ1) is 13.5. The van der Waals surface area contributed by atoms with Crippen molar-refractivity contribution in [2.24, 2.45) is 10.7 Å². The van der Waals surface area contributed by atoms with Crippen molar-refractivity contribution >= 4 is 17.7 Å². The Bertz CT molecular complexity index is 992. The maximum absolute atomic E-state index is 5.96. The molecule has 0 atom stereocenters. The monoisotopic (exact) mass is 377 g/mol. The number of aryl methyl sites for hydroxylation is 1. The molecule has 7 heteroatoms. The number of nitrogen functional groups attached to an aromatic ring is 1. The maximum Gasteiger partial charge on any atom is 0.155 e. The van der Waals surface area contributed by atoms with Gasteiger partial charge in [0.15, 0.2) is 5.82 Å². The second kappa shape index (κ2) is 6.92. The molecule has 0 radical (unpaired) electrons. The first kappa shape index (κ1) is 17.9. The van der Waals surface area contributed by atoms with Crippen molar-refractivity contribution in [3.63, 3.8) is 0 Å². The van der Waals surface area contributed by atoms with Crippen LogP contribution in [0.3, 0.4) is 0 Å². The molecule has 0 saturated heterocycles. The van der Waals surface area contributed by atoms with Crippen LogP contribution in [0.15, 0.2) is 59.7 Å². The summed E-state index contributed by atoms with van der Waals surface area (Å²) in [6, 6.07) is 9.43. The van der Waals surface area contributed by atoms with E-state index in [2.05, 4.69) is 21.9 Å². The molecule has 0 amide bonds. The lowest BCUT2D eigenvalue weighted by Gasteiger charge is -2.13. The molecular weight excluding hydrogens is 354 g/mol. The highest BCUT2D eigenvalue weighted by Gasteiger charge is 2.52. The standard InChI is InChI=1S/C21H23N5O2/c1-13-6-7-15(23)20(25-13)26-18(10-22)24-11-14(2)28-17-5-3-4-16-19(17)21(8-9-21)12-27-16/h3-7,10-11H,2,8-9,12,22-23H2,1H3,(H,25,26)/b18-10+,24-11?. The third-order valence-corrected chi connectivity index (χ3v) is 4.93. The average molecular weight is 377 g/mol. The van der Waals surface area contributed by atoms with Gasteiger partial charge in [0, 0.05) is 22.9 Å². The number of pyridine rings is 1. The van der Waals surface area contributed by atoms with E-state index in [1.807, 2.05) is 31.2 Å². The van der Waals surface area contributed by atoms with Crippen LogP contribution in [-0.2, 0) is 5.41 Å². The number of allylic oxidation sites excluding steroid dienone is 1. The van der Waals surface area contributed by atoms with Crippen LogP contribution < -0.4 is 26.3 Å². The highest BCUT2D eigenvalue weighted by Crippen LogP contribution is 2.58. The number of fused-ring (bicyclic) bond motifs is 2. The molecule has 1 spiro atoms. The molecule has 1 saturated carbocycles. The van der Waals surface area contributed by atoms with Crippen LogP contribution in [0.1, 0.15) is 24.1 Å². The lowest BCUT2D eigenvalue weighted by molar-refractivity contribution is 0.323. The second-order valence-corrected chi connectivity index (χ2v) is 7.09. The lowest BCUT2D eigenvalue weighted by Crippen LogP contribution is -2.09. The molecule has 1 fully saturated rings. The molecule has 2 aromatic rings. The molecule has 28 heavy (non-hydrogen) atoms. The highest BCUT2D eigenvalue weighted by molar-refractivity contribution is 5.77. The fourth-order valence-electron chi connectivity index (χ4n) is 3.29. The number of nitrogens with zero attached hydrogens (tertiary/aromatic N) is 2. The Morgan fingerprint density at radius 2 is 2.18 bits per heavy atom. The first-order valence-corrected chi connectivity index (χ1v) is 9.10. The second-order valence-electron chi connectivity index (χ2n) is 7.09. The summed E-state index contributed by atoms with van der Waals surface area (Å²) in [7, 11) is 0. The van der Waals surface area contributed by atoms with E-state index in [-0.39, 0.29) is 5.41 Å². The molecule has 1 aliphatic carbocycles. The van der Waals surface area contributed by atoms with Crippen molar-refractivity contribution in [1.29, 1.82) is 0 Å². The van der Waals surface area contributed by atoms with Gasteiger partial charge in [-0.3, -0.25) is 0 Å². The molecule has 5 N–H and O–H groups in total. The van der Waals surface area contributed by atoms with Crippen molar-refractivity contribution in [3.05, 3.63) is 65.9 Å². The van der Waals surface area contributed by atoms with E-state index in [1.165, 1.54) is 12.4 Å². The van der Waals surface area contributed by atoms with Gasteiger partial charge in [-0.1, -0.05) is 12.6 Å². The Kier molecular flexibility index (Phi) is 4.43. The van der Waals surface area contributed by atoms with Crippen molar-refractivity contribution in [2.75, 3.05) is 17.7 Å². The molecule has 0 bridgehead atoms. The predicted octanol–water partition coefficient (Wildman–Crippen LogP) is 3.23. The van der Waals surface area contributed by atoms with E-state index in [0.29, 0.717) is 23.1 Å². The number of aliphatic imine (C=N–C) groups is 1. The van der Waals surface area contributed by atoms with Crippen molar-refractivity contribution in [1.82, 2.24) is 4.98 Å². The SMILES string of the molecule is C=C(C=N/C(=C\N)Nc1nc(C)ccc1N)Oc1cccc2c1C1(CC1)CO2. The van der Waals surface area contributed by atoms with Gasteiger partial charge in [0.25, 0.3) is 0 Å². The molecule has 1 aromatic carbocycles. The van der Waals surface area contributed by atoms with Gasteiger partial charge >= 0.3 is 0 Å². The summed E-state index contributed by atoms with van der Waals surface area (Å²) in [6.45, 7) is 6.54. The fourth-order valence-corrected chi connectivity index (χ4v) is 3.29. The van der Waals surface area contributed by atoms with Gasteiger partial charge in [-0.2, -0.15) is 0 Å². The molecule has 144 valence electrons. The van der Waals surface area contributed by atoms with Gasteiger partial charge in [-0.05, 0) is 44.0 Å². The number of rotatable bonds is 6. The third kappa shape index (κ3) is 3.38. The normalized spacial score (nSPS) is 16.7. The molecule has 2 heterocycles. The van der Waals surface area contributed by atoms with E-state index in [9.17, 15) is 0 Å². The van der Waals surface area contributed by atoms with Crippen LogP contribution in [0.25, 0.3) is 0 Å². The minimum absolute atomic E-state index is 0.113. The summed E-state index contributed by atoms with van der Waals surface area (Å²) in [5.74, 6) is 2.93. The zero-order valence-corrected chi connectivity index (χ0v) is 15.7. The first-order valence-electron chi connectivity index (χ1n) is 9.10. The number of benzene rings is 1. The molecule has 1 aliphatic heterocycles. The minimum atomic E-state index is 0.113. The number of hydrogen-bond acceptors (Lipinski definition) is 7. The zero-order chi connectivity index (χ0) is 19.7. The van der Waals surface area contributed by atoms with Crippen LogP contribution >= 0.6 is 0 Å². The van der Waals surface area contributed by atoms with E-state index in [4.69, 9.17) is 20.9 Å². The summed E-state index contributed by atoms with van der Waals surface area (Å²) in [5, 5.41) is 3.01. The average Bonchev–Trinajstić information content (AvgIpc) is 3.36. The predicted molar refractivity (Wildman–Crippen MR) is 110 cm³/mol. The van der Waals surface area contributed by atoms with Gasteiger partial charge in [0.1, 0.15) is 23.1 Å². The van der Waals surface area contributed by atoms with Crippen molar-refractivity contribution in [3.8, 4) is 11.5 Å². The molecule has 7 nitrogen and oxygen atoms in total. The summed E-state index contributed by atoms with van der Waals surface area (Å²) in [5.41, 5.74) is 14.2. The summed E-state index contributed by atoms with van der Waals surface area (Å²) >= 11 is 0. The van der Waals surface area contributed by atoms with E-state index in [0.717, 1.165) is 42.2 Å². The van der Waals surface area contributed by atoms with Gasteiger partial charge in [0.05, 0.1) is 18.5 Å². The van der Waals surface area contributed by atoms with Gasteiger partial charge in [-0.25, -0.2) is 9.98 Å². The van der Waals surface area contributed by atoms with Crippen molar-refractivity contribution < 1.29 is 9.47 Å². The van der Waals surface area contributed by atoms with Gasteiger partial charge in [-0.15, -0.1) is 0 Å². The highest BCUT2D eigenvalue weighted by atomic mass is 16.5. The molecule has 2 aliphatic rings. The topological polar surface area (TPSA) is 108 Å². The Morgan fingerprint density at radius 3 is 2.93 bits per heavy atom. The quantitative estimate of drug-likeness (QED) is 0.527. The van der Waals surface area contributed by atoms with E-state index in [1.54, 1.807) is 6.07 Å². The Balaban J connectivity index is 1.46. The number of aromatic nitrogens is 1. The van der Waals surface area contributed by atoms with Gasteiger partial charge < -0.3 is 26.3 Å². The zero-order valence-electron chi connectivity index (χ0n) is 15.7. The maximum atomic E-state index is 5.96. The fraction of sp³-hybridized carbons (Fsp3) is 0.238. The largest absolute Gasteiger partial charge is 0.492 e. The van der Waals surface area contributed by atoms with E-state index >= 15 is 0 Å². The number of hydrogen-bond donors (Lipinski definition) is 3. The molecule has 0 unspecified atom stereocenters. The van der Waals surface area contributed by atoms with Crippen LogP contribution in [-0.4, -0.2) is 17.8 Å². The summed E-state index contributed by atoms with van der Waals surface area (Å²) < 4.78 is 11.8. The number of anilines is 2. The van der Waals surface area contributed by atoms with Gasteiger partial charge in [0.2, 0.25) is 0 Å². The smallest absolute Gasteiger partial charge is 0.155 e. The number of nitrogens with one attached hydrogen (secondary N) is 1. The van der Waals surface area contributed by atoms with Crippen LogP contribution in [0.5, 0.6) is 11.5 Å². The van der Waals surface area contributed by atoms with Crippen LogP contribution in [0.4, 0.5) is 11.5 Å². The Morgan fingerprint density at radius 1 is 1.36 bits per heavy atom. The Labute approximate surface area is 163 Å². The molecule has 1 aromatic heterocycles. The van der Waals surface area contributed by atoms with E-state index < -0.39 is 0 Å². The summed E-state index contributed by atoms with van der Waals surface area (Å²) in [6.07, 6.45) is 5.08. The molecular formula is C21H23N5O2. The van der Waals surface area contributed by atoms with Crippen molar-refractivity contribution in [2.45, 2.75) is 25.2 Å². The number of nitrogens with two attached hydrogens (primary N) is 2. The Hall–Kier alpha value is -3.48. The van der Waals surface area contributed by atoms with Crippen LogP contribution in [0.2, 0.25) is 0 Å². The minimum Gasteiger partial charge on any atom is -0.492 e. The third-order valence-electron chi connectivity index (χ3n) is 4.93.